The summed E-state index contributed by atoms with van der Waals surface area (Å²) in [4.78, 5) is 5.24. The van der Waals surface area contributed by atoms with Crippen molar-refractivity contribution in [1.82, 2.24) is 4.98 Å². The molecule has 2 aromatic rings. The number of hydrogen-bond acceptors (Lipinski definition) is 4. The molecule has 0 aliphatic rings. The van der Waals surface area contributed by atoms with Gasteiger partial charge in [-0.25, -0.2) is 4.98 Å². The third kappa shape index (κ3) is 2.88. The summed E-state index contributed by atoms with van der Waals surface area (Å²) in [5, 5.41) is 1.28. The van der Waals surface area contributed by atoms with Gasteiger partial charge in [-0.15, -0.1) is 0 Å². The second-order valence-electron chi connectivity index (χ2n) is 4.20. The minimum Gasteiger partial charge on any atom is -0.436 e. The van der Waals surface area contributed by atoms with E-state index < -0.39 is 0 Å². The molecule has 5 heteroatoms. The number of hydrogen-bond donors (Lipinski definition) is 1. The SMILES string of the molecule is Cc1nc(Sc2ccc(C(C)N)cc2Cl)oc1C. The lowest BCUT2D eigenvalue weighted by Crippen LogP contribution is -2.04. The zero-order valence-corrected chi connectivity index (χ0v) is 12.1. The smallest absolute Gasteiger partial charge is 0.261 e. The van der Waals surface area contributed by atoms with Crippen LogP contribution in [0.3, 0.4) is 0 Å². The second kappa shape index (κ2) is 5.34. The lowest BCUT2D eigenvalue weighted by molar-refractivity contribution is 0.431. The van der Waals surface area contributed by atoms with Crippen molar-refractivity contribution in [3.63, 3.8) is 0 Å². The molecule has 0 saturated heterocycles. The van der Waals surface area contributed by atoms with Gasteiger partial charge in [-0.05, 0) is 50.2 Å². The predicted octanol–water partition coefficient (Wildman–Crippen LogP) is 4.12. The number of rotatable bonds is 3. The van der Waals surface area contributed by atoms with Crippen molar-refractivity contribution in [3.8, 4) is 0 Å². The van der Waals surface area contributed by atoms with Crippen LogP contribution in [0.1, 0.15) is 30.0 Å². The van der Waals surface area contributed by atoms with E-state index in [9.17, 15) is 0 Å². The first kappa shape index (κ1) is 13.5. The Labute approximate surface area is 116 Å². The molecule has 0 bridgehead atoms. The average molecular weight is 283 g/mol. The van der Waals surface area contributed by atoms with Crippen molar-refractivity contribution < 1.29 is 4.42 Å². The van der Waals surface area contributed by atoms with Crippen molar-refractivity contribution >= 4 is 23.4 Å². The molecule has 2 rings (SSSR count). The lowest BCUT2D eigenvalue weighted by atomic mass is 10.1. The topological polar surface area (TPSA) is 52.0 Å². The number of benzene rings is 1. The monoisotopic (exact) mass is 282 g/mol. The summed E-state index contributed by atoms with van der Waals surface area (Å²) >= 11 is 7.64. The molecule has 0 aliphatic carbocycles. The number of nitrogens with two attached hydrogens (primary N) is 1. The Morgan fingerprint density at radius 3 is 2.61 bits per heavy atom. The Hall–Kier alpha value is -0.970. The molecule has 0 fully saturated rings. The van der Waals surface area contributed by atoms with Gasteiger partial charge in [-0.2, -0.15) is 0 Å². The van der Waals surface area contributed by atoms with Gasteiger partial charge < -0.3 is 10.2 Å². The van der Waals surface area contributed by atoms with E-state index in [-0.39, 0.29) is 6.04 Å². The van der Waals surface area contributed by atoms with Crippen LogP contribution in [0.4, 0.5) is 0 Å². The van der Waals surface area contributed by atoms with Gasteiger partial charge in [-0.3, -0.25) is 0 Å². The summed E-state index contributed by atoms with van der Waals surface area (Å²) < 4.78 is 5.52. The van der Waals surface area contributed by atoms with Gasteiger partial charge in [0.25, 0.3) is 5.22 Å². The molecule has 0 aliphatic heterocycles. The summed E-state index contributed by atoms with van der Waals surface area (Å²) in [6, 6.07) is 5.78. The van der Waals surface area contributed by atoms with Crippen LogP contribution in [-0.2, 0) is 0 Å². The Bertz CT molecular complexity index is 547. The van der Waals surface area contributed by atoms with Crippen LogP contribution in [-0.4, -0.2) is 4.98 Å². The molecule has 1 heterocycles. The van der Waals surface area contributed by atoms with Gasteiger partial charge in [0.2, 0.25) is 0 Å². The van der Waals surface area contributed by atoms with E-state index in [0.717, 1.165) is 21.9 Å². The highest BCUT2D eigenvalue weighted by molar-refractivity contribution is 7.99. The molecule has 2 N–H and O–H groups in total. The van der Waals surface area contributed by atoms with Crippen LogP contribution in [0.25, 0.3) is 0 Å². The summed E-state index contributed by atoms with van der Waals surface area (Å²) in [5.41, 5.74) is 7.73. The van der Waals surface area contributed by atoms with E-state index in [4.69, 9.17) is 21.8 Å². The summed E-state index contributed by atoms with van der Waals surface area (Å²) in [5.74, 6) is 0.834. The molecule has 1 aromatic heterocycles. The molecule has 1 atom stereocenters. The number of halogens is 1. The number of oxazole rings is 1. The van der Waals surface area contributed by atoms with Gasteiger partial charge in [0.15, 0.2) is 0 Å². The number of aromatic nitrogens is 1. The molecule has 18 heavy (non-hydrogen) atoms. The summed E-state index contributed by atoms with van der Waals surface area (Å²) in [6.07, 6.45) is 0. The molecule has 1 unspecified atom stereocenters. The fraction of sp³-hybridized carbons (Fsp3) is 0.308. The molecular formula is C13H15ClN2OS. The quantitative estimate of drug-likeness (QED) is 0.920. The van der Waals surface area contributed by atoms with E-state index in [1.807, 2.05) is 39.0 Å². The first-order valence-corrected chi connectivity index (χ1v) is 6.83. The summed E-state index contributed by atoms with van der Waals surface area (Å²) in [6.45, 7) is 5.75. The lowest BCUT2D eigenvalue weighted by Gasteiger charge is -2.08. The van der Waals surface area contributed by atoms with Crippen LogP contribution in [0.15, 0.2) is 32.7 Å². The van der Waals surface area contributed by atoms with E-state index in [0.29, 0.717) is 10.2 Å². The zero-order valence-electron chi connectivity index (χ0n) is 10.5. The van der Waals surface area contributed by atoms with Crippen LogP contribution in [0, 0.1) is 13.8 Å². The maximum absolute atomic E-state index is 6.22. The van der Waals surface area contributed by atoms with E-state index >= 15 is 0 Å². The highest BCUT2D eigenvalue weighted by atomic mass is 35.5. The van der Waals surface area contributed by atoms with Gasteiger partial charge >= 0.3 is 0 Å². The van der Waals surface area contributed by atoms with Gasteiger partial charge in [0.05, 0.1) is 10.7 Å². The molecular weight excluding hydrogens is 268 g/mol. The van der Waals surface area contributed by atoms with E-state index in [2.05, 4.69) is 4.98 Å². The fourth-order valence-electron chi connectivity index (χ4n) is 1.46. The van der Waals surface area contributed by atoms with Gasteiger partial charge in [0, 0.05) is 10.9 Å². The summed E-state index contributed by atoms with van der Waals surface area (Å²) in [7, 11) is 0. The van der Waals surface area contributed by atoms with Crippen molar-refractivity contribution in [2.75, 3.05) is 0 Å². The highest BCUT2D eigenvalue weighted by Gasteiger charge is 2.11. The van der Waals surface area contributed by atoms with Crippen LogP contribution >= 0.6 is 23.4 Å². The molecule has 96 valence electrons. The molecule has 3 nitrogen and oxygen atoms in total. The highest BCUT2D eigenvalue weighted by Crippen LogP contribution is 2.34. The van der Waals surface area contributed by atoms with Crippen LogP contribution in [0.5, 0.6) is 0 Å². The van der Waals surface area contributed by atoms with Crippen molar-refractivity contribution in [2.24, 2.45) is 5.73 Å². The van der Waals surface area contributed by atoms with Gasteiger partial charge in [0.1, 0.15) is 5.76 Å². The van der Waals surface area contributed by atoms with Crippen molar-refractivity contribution in [3.05, 3.63) is 40.2 Å². The Balaban J connectivity index is 2.24. The van der Waals surface area contributed by atoms with Crippen molar-refractivity contribution in [1.29, 1.82) is 0 Å². The fourth-order valence-corrected chi connectivity index (χ4v) is 2.60. The number of aryl methyl sites for hydroxylation is 2. The zero-order chi connectivity index (χ0) is 13.3. The molecule has 1 aromatic carbocycles. The predicted molar refractivity (Wildman–Crippen MR) is 74.2 cm³/mol. The largest absolute Gasteiger partial charge is 0.436 e. The minimum absolute atomic E-state index is 0.0206. The normalized spacial score (nSPS) is 12.7. The molecule has 0 saturated carbocycles. The van der Waals surface area contributed by atoms with Gasteiger partial charge in [-0.1, -0.05) is 17.7 Å². The first-order valence-electron chi connectivity index (χ1n) is 5.64. The molecule has 0 spiro atoms. The Morgan fingerprint density at radius 2 is 2.11 bits per heavy atom. The minimum atomic E-state index is -0.0206. The maximum Gasteiger partial charge on any atom is 0.261 e. The third-order valence-electron chi connectivity index (χ3n) is 2.69. The van der Waals surface area contributed by atoms with E-state index in [1.54, 1.807) is 0 Å². The average Bonchev–Trinajstić information content (AvgIpc) is 2.61. The van der Waals surface area contributed by atoms with E-state index in [1.165, 1.54) is 11.8 Å². The first-order chi connectivity index (χ1) is 8.47. The van der Waals surface area contributed by atoms with Crippen LogP contribution in [0.2, 0.25) is 5.02 Å². The van der Waals surface area contributed by atoms with Crippen molar-refractivity contribution in [2.45, 2.75) is 36.9 Å². The number of nitrogens with zero attached hydrogens (tertiary/aromatic N) is 1. The molecule has 0 radical (unpaired) electrons. The maximum atomic E-state index is 6.22. The van der Waals surface area contributed by atoms with Crippen LogP contribution < -0.4 is 5.73 Å². The Kier molecular flexibility index (Phi) is 4.00. The standard InChI is InChI=1S/C13H15ClN2OS/c1-7(15)10-4-5-12(11(14)6-10)18-13-16-8(2)9(3)17-13/h4-7H,15H2,1-3H3. The second-order valence-corrected chi connectivity index (χ2v) is 5.60. The third-order valence-corrected chi connectivity index (χ3v) is 4.04. The molecule has 0 amide bonds. The Morgan fingerprint density at radius 1 is 1.39 bits per heavy atom.